The van der Waals surface area contributed by atoms with Crippen LogP contribution in [0.5, 0.6) is 0 Å². The van der Waals surface area contributed by atoms with E-state index in [2.05, 4.69) is 26.2 Å². The van der Waals surface area contributed by atoms with Crippen molar-refractivity contribution in [2.24, 2.45) is 0 Å². The number of rotatable bonds is 5. The Morgan fingerprint density at radius 2 is 2.38 bits per heavy atom. The molecule has 1 rings (SSSR count). The number of hydrogen-bond acceptors (Lipinski definition) is 4. The fourth-order valence-electron chi connectivity index (χ4n) is 1.08. The third-order valence-electron chi connectivity index (χ3n) is 1.78. The van der Waals surface area contributed by atoms with Crippen LogP contribution in [0.15, 0.2) is 16.7 Å². The highest BCUT2D eigenvalue weighted by Crippen LogP contribution is 2.10. The summed E-state index contributed by atoms with van der Waals surface area (Å²) in [5, 5.41) is 2.78. The minimum absolute atomic E-state index is 0.0589. The van der Waals surface area contributed by atoms with Gasteiger partial charge in [-0.3, -0.25) is 4.79 Å². The van der Waals surface area contributed by atoms with Gasteiger partial charge in [-0.2, -0.15) is 4.39 Å². The summed E-state index contributed by atoms with van der Waals surface area (Å²) in [4.78, 5) is 14.6. The van der Waals surface area contributed by atoms with Gasteiger partial charge in [0, 0.05) is 12.1 Å². The number of esters is 1. The fourth-order valence-corrected chi connectivity index (χ4v) is 1.37. The third-order valence-corrected chi connectivity index (χ3v) is 2.22. The van der Waals surface area contributed by atoms with Crippen LogP contribution in [0.2, 0.25) is 0 Å². The van der Waals surface area contributed by atoms with Gasteiger partial charge in [0.05, 0.1) is 13.2 Å². The number of aromatic nitrogens is 1. The standard InChI is InChI=1S/C10H12BrFN2O2/c1-2-16-9(15)6-13-5-7-3-4-8(11)14-10(7)12/h3-4,13H,2,5-6H2,1H3. The Labute approximate surface area is 101 Å². The van der Waals surface area contributed by atoms with E-state index in [1.165, 1.54) is 0 Å². The lowest BCUT2D eigenvalue weighted by molar-refractivity contribution is -0.142. The molecule has 0 aliphatic rings. The highest BCUT2D eigenvalue weighted by atomic mass is 79.9. The van der Waals surface area contributed by atoms with E-state index in [1.807, 2.05) is 0 Å². The molecule has 0 spiro atoms. The number of halogens is 2. The highest BCUT2D eigenvalue weighted by Gasteiger charge is 2.05. The Kier molecular flexibility index (Phi) is 5.34. The molecule has 88 valence electrons. The molecule has 0 saturated heterocycles. The first kappa shape index (κ1) is 13.1. The zero-order chi connectivity index (χ0) is 12.0. The van der Waals surface area contributed by atoms with Gasteiger partial charge in [0.25, 0.3) is 0 Å². The smallest absolute Gasteiger partial charge is 0.319 e. The third kappa shape index (κ3) is 4.24. The molecule has 0 atom stereocenters. The van der Waals surface area contributed by atoms with E-state index < -0.39 is 5.95 Å². The van der Waals surface area contributed by atoms with Gasteiger partial charge in [0.2, 0.25) is 5.95 Å². The van der Waals surface area contributed by atoms with Crippen LogP contribution in [0.3, 0.4) is 0 Å². The molecule has 0 aliphatic carbocycles. The Balaban J connectivity index is 2.40. The predicted molar refractivity (Wildman–Crippen MR) is 60.2 cm³/mol. The quantitative estimate of drug-likeness (QED) is 0.662. The van der Waals surface area contributed by atoms with Crippen LogP contribution in [-0.2, 0) is 16.1 Å². The van der Waals surface area contributed by atoms with Crippen LogP contribution in [0.4, 0.5) is 4.39 Å². The number of carbonyl (C=O) groups is 1. The highest BCUT2D eigenvalue weighted by molar-refractivity contribution is 9.10. The Bertz CT molecular complexity index is 374. The largest absolute Gasteiger partial charge is 0.465 e. The summed E-state index contributed by atoms with van der Waals surface area (Å²) < 4.78 is 18.4. The van der Waals surface area contributed by atoms with Crippen molar-refractivity contribution in [3.8, 4) is 0 Å². The van der Waals surface area contributed by atoms with Crippen LogP contribution in [-0.4, -0.2) is 24.1 Å². The first-order valence-electron chi connectivity index (χ1n) is 4.80. The molecule has 0 saturated carbocycles. The van der Waals surface area contributed by atoms with Gasteiger partial charge in [-0.15, -0.1) is 0 Å². The summed E-state index contributed by atoms with van der Waals surface area (Å²) >= 11 is 3.06. The van der Waals surface area contributed by atoms with Crippen molar-refractivity contribution in [2.45, 2.75) is 13.5 Å². The Morgan fingerprint density at radius 1 is 1.62 bits per heavy atom. The second-order valence-electron chi connectivity index (χ2n) is 2.99. The van der Waals surface area contributed by atoms with E-state index >= 15 is 0 Å². The molecular formula is C10H12BrFN2O2. The predicted octanol–water partition coefficient (Wildman–Crippen LogP) is 1.64. The molecule has 0 fully saturated rings. The molecule has 1 aromatic rings. The van der Waals surface area contributed by atoms with E-state index in [4.69, 9.17) is 4.74 Å². The number of nitrogens with zero attached hydrogens (tertiary/aromatic N) is 1. The first-order valence-corrected chi connectivity index (χ1v) is 5.60. The minimum Gasteiger partial charge on any atom is -0.465 e. The summed E-state index contributed by atoms with van der Waals surface area (Å²) in [6.07, 6.45) is 0. The maximum absolute atomic E-state index is 13.2. The zero-order valence-corrected chi connectivity index (χ0v) is 10.4. The van der Waals surface area contributed by atoms with E-state index in [-0.39, 0.29) is 19.1 Å². The first-order chi connectivity index (χ1) is 7.63. The summed E-state index contributed by atoms with van der Waals surface area (Å²) in [7, 11) is 0. The van der Waals surface area contributed by atoms with Crippen LogP contribution in [0.1, 0.15) is 12.5 Å². The minimum atomic E-state index is -0.550. The van der Waals surface area contributed by atoms with E-state index in [0.29, 0.717) is 16.8 Å². The molecule has 1 aromatic heterocycles. The average molecular weight is 291 g/mol. The monoisotopic (exact) mass is 290 g/mol. The van der Waals surface area contributed by atoms with Crippen molar-refractivity contribution in [1.29, 1.82) is 0 Å². The lowest BCUT2D eigenvalue weighted by Crippen LogP contribution is -2.24. The molecule has 6 heteroatoms. The van der Waals surface area contributed by atoms with Crippen molar-refractivity contribution < 1.29 is 13.9 Å². The lowest BCUT2D eigenvalue weighted by Gasteiger charge is -2.05. The summed E-state index contributed by atoms with van der Waals surface area (Å²) in [6.45, 7) is 2.37. The van der Waals surface area contributed by atoms with Crippen molar-refractivity contribution in [2.75, 3.05) is 13.2 Å². The van der Waals surface area contributed by atoms with Crippen LogP contribution in [0.25, 0.3) is 0 Å². The van der Waals surface area contributed by atoms with Crippen molar-refractivity contribution >= 4 is 21.9 Å². The van der Waals surface area contributed by atoms with E-state index in [1.54, 1.807) is 19.1 Å². The van der Waals surface area contributed by atoms with E-state index in [0.717, 1.165) is 0 Å². The molecule has 0 radical (unpaired) electrons. The molecule has 0 bridgehead atoms. The van der Waals surface area contributed by atoms with Crippen LogP contribution >= 0.6 is 15.9 Å². The number of pyridine rings is 1. The van der Waals surface area contributed by atoms with Crippen LogP contribution < -0.4 is 5.32 Å². The number of nitrogens with one attached hydrogen (secondary N) is 1. The molecule has 0 unspecified atom stereocenters. The SMILES string of the molecule is CCOC(=O)CNCc1ccc(Br)nc1F. The summed E-state index contributed by atoms with van der Waals surface area (Å²) in [5.41, 5.74) is 0.410. The number of ether oxygens (including phenoxy) is 1. The van der Waals surface area contributed by atoms with Gasteiger partial charge in [-0.25, -0.2) is 4.98 Å². The number of carbonyl (C=O) groups excluding carboxylic acids is 1. The molecule has 1 heterocycles. The summed E-state index contributed by atoms with van der Waals surface area (Å²) in [5.74, 6) is -0.904. The van der Waals surface area contributed by atoms with Crippen molar-refractivity contribution in [3.63, 3.8) is 0 Å². The average Bonchev–Trinajstić information content (AvgIpc) is 2.22. The van der Waals surface area contributed by atoms with Crippen molar-refractivity contribution in [3.05, 3.63) is 28.2 Å². The molecule has 0 aliphatic heterocycles. The molecule has 4 nitrogen and oxygen atoms in total. The lowest BCUT2D eigenvalue weighted by atomic mass is 10.3. The fraction of sp³-hybridized carbons (Fsp3) is 0.400. The summed E-state index contributed by atoms with van der Waals surface area (Å²) in [6, 6.07) is 3.25. The second-order valence-corrected chi connectivity index (χ2v) is 3.80. The molecular weight excluding hydrogens is 279 g/mol. The molecule has 1 N–H and O–H groups in total. The second kappa shape index (κ2) is 6.55. The van der Waals surface area contributed by atoms with Crippen LogP contribution in [0, 0.1) is 5.95 Å². The maximum Gasteiger partial charge on any atom is 0.319 e. The zero-order valence-electron chi connectivity index (χ0n) is 8.80. The van der Waals surface area contributed by atoms with E-state index in [9.17, 15) is 9.18 Å². The Morgan fingerprint density at radius 3 is 3.00 bits per heavy atom. The normalized spacial score (nSPS) is 10.2. The topological polar surface area (TPSA) is 51.2 Å². The molecule has 16 heavy (non-hydrogen) atoms. The van der Waals surface area contributed by atoms with Gasteiger partial charge in [-0.05, 0) is 28.9 Å². The van der Waals surface area contributed by atoms with Gasteiger partial charge < -0.3 is 10.1 Å². The van der Waals surface area contributed by atoms with Gasteiger partial charge in [-0.1, -0.05) is 6.07 Å². The number of hydrogen-bond donors (Lipinski definition) is 1. The Hall–Kier alpha value is -1.01. The van der Waals surface area contributed by atoms with Gasteiger partial charge >= 0.3 is 5.97 Å². The van der Waals surface area contributed by atoms with Gasteiger partial charge in [0.1, 0.15) is 4.60 Å². The maximum atomic E-state index is 13.2. The van der Waals surface area contributed by atoms with Crippen molar-refractivity contribution in [1.82, 2.24) is 10.3 Å². The molecule has 0 amide bonds. The molecule has 0 aromatic carbocycles. The van der Waals surface area contributed by atoms with Gasteiger partial charge in [0.15, 0.2) is 0 Å².